The number of amides is 2. The van der Waals surface area contributed by atoms with Crippen molar-refractivity contribution >= 4 is 29.2 Å². The molecule has 0 bridgehead atoms. The molecule has 3 N–H and O–H groups in total. The topological polar surface area (TPSA) is 99.2 Å². The van der Waals surface area contributed by atoms with Crippen molar-refractivity contribution < 1.29 is 14.3 Å². The van der Waals surface area contributed by atoms with Gasteiger partial charge in [-0.2, -0.15) is 0 Å². The third kappa shape index (κ3) is 3.57. The molecular formula is C20H17ClN4O3. The molecule has 2 amide bonds. The lowest BCUT2D eigenvalue weighted by Gasteiger charge is -2.23. The molecule has 4 rings (SSSR count). The number of ether oxygens (including phenoxy) is 1. The van der Waals surface area contributed by atoms with Crippen LogP contribution in [0.25, 0.3) is 5.69 Å². The van der Waals surface area contributed by atoms with Crippen LogP contribution in [0.2, 0.25) is 5.02 Å². The van der Waals surface area contributed by atoms with E-state index in [-0.39, 0.29) is 18.4 Å². The molecule has 1 atom stereocenters. The van der Waals surface area contributed by atoms with Crippen molar-refractivity contribution in [1.29, 1.82) is 0 Å². The average Bonchev–Trinajstić information content (AvgIpc) is 3.10. The smallest absolute Gasteiger partial charge is 0.255 e. The molecule has 0 spiro atoms. The van der Waals surface area contributed by atoms with Gasteiger partial charge in [-0.3, -0.25) is 14.2 Å². The number of halogens is 1. The van der Waals surface area contributed by atoms with Gasteiger partial charge in [0.2, 0.25) is 5.91 Å². The Balaban J connectivity index is 1.65. The molecule has 2 heterocycles. The number of hydrogen-bond acceptors (Lipinski definition) is 4. The number of rotatable bonds is 5. The number of nitrogens with one attached hydrogen (secondary N) is 1. The highest BCUT2D eigenvalue weighted by Crippen LogP contribution is 2.37. The molecule has 0 fully saturated rings. The zero-order chi connectivity index (χ0) is 19.7. The Hall–Kier alpha value is -3.32. The first kappa shape index (κ1) is 18.1. The number of carbonyl (C=O) groups excluding carboxylic acids is 2. The van der Waals surface area contributed by atoms with Gasteiger partial charge in [0.1, 0.15) is 17.9 Å². The summed E-state index contributed by atoms with van der Waals surface area (Å²) in [7, 11) is 0. The van der Waals surface area contributed by atoms with Gasteiger partial charge in [-0.25, -0.2) is 4.98 Å². The number of hydrogen-bond donors (Lipinski definition) is 2. The first-order chi connectivity index (χ1) is 13.5. The van der Waals surface area contributed by atoms with Crippen molar-refractivity contribution in [2.75, 3.05) is 11.9 Å². The summed E-state index contributed by atoms with van der Waals surface area (Å²) in [5.41, 5.74) is 7.67. The van der Waals surface area contributed by atoms with Gasteiger partial charge in [-0.05, 0) is 42.0 Å². The fourth-order valence-corrected chi connectivity index (χ4v) is 3.36. The third-order valence-corrected chi connectivity index (χ3v) is 4.79. The number of benzene rings is 2. The minimum atomic E-state index is -0.537. The van der Waals surface area contributed by atoms with Crippen molar-refractivity contribution in [2.45, 2.75) is 12.3 Å². The molecule has 3 aromatic rings. The highest BCUT2D eigenvalue weighted by Gasteiger charge is 2.31. The van der Waals surface area contributed by atoms with E-state index < -0.39 is 5.91 Å². The minimum Gasteiger partial charge on any atom is -0.484 e. The molecule has 142 valence electrons. The van der Waals surface area contributed by atoms with Gasteiger partial charge >= 0.3 is 0 Å². The zero-order valence-electron chi connectivity index (χ0n) is 14.8. The van der Waals surface area contributed by atoms with Crippen LogP contribution in [0.1, 0.15) is 23.6 Å². The Bertz CT molecular complexity index is 1030. The summed E-state index contributed by atoms with van der Waals surface area (Å²) in [4.78, 5) is 27.7. The summed E-state index contributed by atoms with van der Waals surface area (Å²) in [5, 5.41) is 3.56. The summed E-state index contributed by atoms with van der Waals surface area (Å²) in [6.45, 7) is -0.180. The minimum absolute atomic E-state index is 0.0812. The van der Waals surface area contributed by atoms with Crippen LogP contribution in [0.15, 0.2) is 54.9 Å². The number of carbonyl (C=O) groups is 2. The van der Waals surface area contributed by atoms with Crippen LogP contribution in [0, 0.1) is 0 Å². The van der Waals surface area contributed by atoms with E-state index >= 15 is 0 Å². The van der Waals surface area contributed by atoms with Gasteiger partial charge < -0.3 is 15.8 Å². The third-order valence-electron chi connectivity index (χ3n) is 4.54. The van der Waals surface area contributed by atoms with E-state index in [2.05, 4.69) is 10.3 Å². The molecular weight excluding hydrogens is 380 g/mol. The summed E-state index contributed by atoms with van der Waals surface area (Å²) >= 11 is 5.96. The molecule has 0 unspecified atom stereocenters. The maximum atomic E-state index is 12.3. The van der Waals surface area contributed by atoms with Gasteiger partial charge in [-0.15, -0.1) is 0 Å². The van der Waals surface area contributed by atoms with E-state index in [4.69, 9.17) is 22.1 Å². The molecule has 0 saturated heterocycles. The van der Waals surface area contributed by atoms with Crippen LogP contribution in [-0.2, 0) is 9.59 Å². The average molecular weight is 397 g/mol. The molecule has 1 aromatic heterocycles. The Kier molecular flexibility index (Phi) is 4.75. The summed E-state index contributed by atoms with van der Waals surface area (Å²) in [6.07, 6.45) is 1.99. The van der Waals surface area contributed by atoms with E-state index in [0.717, 1.165) is 16.9 Å². The Labute approximate surface area is 166 Å². The molecule has 7 nitrogen and oxygen atoms in total. The number of nitrogens with zero attached hydrogens (tertiary/aromatic N) is 2. The lowest BCUT2D eigenvalue weighted by molar-refractivity contribution is -0.120. The lowest BCUT2D eigenvalue weighted by atomic mass is 9.90. The van der Waals surface area contributed by atoms with Crippen LogP contribution in [0.5, 0.6) is 5.75 Å². The quantitative estimate of drug-likeness (QED) is 0.692. The second kappa shape index (κ2) is 7.36. The first-order valence-electron chi connectivity index (χ1n) is 8.65. The summed E-state index contributed by atoms with van der Waals surface area (Å²) in [6, 6.07) is 14.5. The van der Waals surface area contributed by atoms with Crippen molar-refractivity contribution in [3.8, 4) is 11.4 Å². The largest absolute Gasteiger partial charge is 0.484 e. The maximum Gasteiger partial charge on any atom is 0.255 e. The molecule has 1 aliphatic rings. The van der Waals surface area contributed by atoms with Gasteiger partial charge in [0.25, 0.3) is 5.91 Å². The molecule has 0 radical (unpaired) electrons. The van der Waals surface area contributed by atoms with Gasteiger partial charge in [-0.1, -0.05) is 23.7 Å². The van der Waals surface area contributed by atoms with E-state index in [9.17, 15) is 9.59 Å². The van der Waals surface area contributed by atoms with Crippen LogP contribution in [0.3, 0.4) is 0 Å². The molecule has 1 aliphatic heterocycles. The number of nitrogens with two attached hydrogens (primary N) is 1. The monoisotopic (exact) mass is 396 g/mol. The fourth-order valence-electron chi connectivity index (χ4n) is 3.23. The number of fused-ring (bicyclic) bond motifs is 1. The van der Waals surface area contributed by atoms with E-state index in [0.29, 0.717) is 23.0 Å². The second-order valence-corrected chi connectivity index (χ2v) is 6.89. The molecule has 0 aliphatic carbocycles. The molecule has 8 heteroatoms. The number of primary amides is 1. The zero-order valence-corrected chi connectivity index (χ0v) is 15.5. The highest BCUT2D eigenvalue weighted by atomic mass is 35.5. The Morgan fingerprint density at radius 2 is 1.93 bits per heavy atom. The molecule has 28 heavy (non-hydrogen) atoms. The Morgan fingerprint density at radius 1 is 1.21 bits per heavy atom. The van der Waals surface area contributed by atoms with Gasteiger partial charge in [0.05, 0.1) is 5.69 Å². The van der Waals surface area contributed by atoms with Crippen molar-refractivity contribution in [2.24, 2.45) is 5.73 Å². The molecule has 0 saturated carbocycles. The fraction of sp³-hybridized carbons (Fsp3) is 0.150. The molecule has 2 aromatic carbocycles. The normalized spacial score (nSPS) is 15.6. The van der Waals surface area contributed by atoms with E-state index in [1.807, 2.05) is 28.8 Å². The van der Waals surface area contributed by atoms with E-state index in [1.54, 1.807) is 30.6 Å². The predicted octanol–water partition coefficient (Wildman–Crippen LogP) is 2.86. The summed E-state index contributed by atoms with van der Waals surface area (Å²) in [5.74, 6) is 0.391. The van der Waals surface area contributed by atoms with Crippen LogP contribution >= 0.6 is 11.6 Å². The second-order valence-electron chi connectivity index (χ2n) is 6.45. The van der Waals surface area contributed by atoms with Crippen molar-refractivity contribution in [3.05, 3.63) is 71.1 Å². The van der Waals surface area contributed by atoms with Crippen molar-refractivity contribution in [1.82, 2.24) is 9.55 Å². The van der Waals surface area contributed by atoms with Gasteiger partial charge in [0, 0.05) is 23.0 Å². The SMILES string of the molecule is NC(=O)COc1ccc([C@@H]2CC(=O)Nc3c2ncn3-c2ccc(Cl)cc2)cc1. The summed E-state index contributed by atoms with van der Waals surface area (Å²) < 4.78 is 7.12. The van der Waals surface area contributed by atoms with Crippen LogP contribution in [0.4, 0.5) is 5.82 Å². The highest BCUT2D eigenvalue weighted by molar-refractivity contribution is 6.30. The lowest BCUT2D eigenvalue weighted by Crippen LogP contribution is -2.25. The predicted molar refractivity (Wildman–Crippen MR) is 105 cm³/mol. The van der Waals surface area contributed by atoms with Crippen molar-refractivity contribution in [3.63, 3.8) is 0 Å². The van der Waals surface area contributed by atoms with Crippen LogP contribution < -0.4 is 15.8 Å². The first-order valence-corrected chi connectivity index (χ1v) is 9.03. The van der Waals surface area contributed by atoms with Gasteiger partial charge in [0.15, 0.2) is 6.61 Å². The standard InChI is InChI=1S/C20H17ClN4O3/c21-13-3-5-14(6-4-13)25-11-23-19-16(9-18(27)24-20(19)25)12-1-7-15(8-2-12)28-10-17(22)26/h1-8,11,16H,9-10H2,(H2,22,26)(H,24,27)/t16-/m0/s1. The number of anilines is 1. The van der Waals surface area contributed by atoms with E-state index in [1.165, 1.54) is 0 Å². The Morgan fingerprint density at radius 3 is 2.61 bits per heavy atom. The maximum absolute atomic E-state index is 12.3. The number of aromatic nitrogens is 2. The number of imidazole rings is 1. The van der Waals surface area contributed by atoms with Crippen LogP contribution in [-0.4, -0.2) is 28.0 Å².